The second kappa shape index (κ2) is 4.66. The van der Waals surface area contributed by atoms with E-state index in [1.807, 2.05) is 0 Å². The van der Waals surface area contributed by atoms with Gasteiger partial charge in [0, 0.05) is 12.6 Å². The monoisotopic (exact) mass is 293 g/mol. The van der Waals surface area contributed by atoms with Crippen LogP contribution in [0.25, 0.3) is 11.0 Å². The molecule has 3 N–H and O–H groups in total. The number of halogens is 1. The van der Waals surface area contributed by atoms with Crippen LogP contribution in [0.2, 0.25) is 0 Å². The van der Waals surface area contributed by atoms with Crippen LogP contribution < -0.4 is 5.56 Å². The van der Waals surface area contributed by atoms with E-state index in [-0.39, 0.29) is 17.5 Å². The summed E-state index contributed by atoms with van der Waals surface area (Å²) in [6.07, 6.45) is 5.62. The van der Waals surface area contributed by atoms with Gasteiger partial charge in [0.25, 0.3) is 5.56 Å². The third kappa shape index (κ3) is 1.86. The fourth-order valence-electron chi connectivity index (χ4n) is 2.51. The van der Waals surface area contributed by atoms with Gasteiger partial charge in [-0.25, -0.2) is 9.37 Å². The summed E-state index contributed by atoms with van der Waals surface area (Å²) in [4.78, 5) is 17.8. The lowest BCUT2D eigenvalue weighted by molar-refractivity contribution is -0.0891. The van der Waals surface area contributed by atoms with Crippen molar-refractivity contribution >= 4 is 11.0 Å². The van der Waals surface area contributed by atoms with Gasteiger partial charge in [-0.05, 0) is 0 Å². The first kappa shape index (κ1) is 13.8. The molecule has 1 fully saturated rings. The standard InChI is InChI=1S/C13H12FN3O4/c1-2-13(5-18)8(19)3-9(21-13)17-4-7(14)10-11(17)15-6-16-12(10)20/h1,4,6,8-9,18-19H,3,5H2,(H,15,16,20)/t8-,9+,13+/m0/s1. The predicted octanol–water partition coefficient (Wildman–Crippen LogP) is -0.492. The Hall–Kier alpha value is -2.21. The van der Waals surface area contributed by atoms with Crippen LogP contribution >= 0.6 is 0 Å². The van der Waals surface area contributed by atoms with E-state index in [1.54, 1.807) is 0 Å². The lowest BCUT2D eigenvalue weighted by Crippen LogP contribution is -2.41. The predicted molar refractivity (Wildman–Crippen MR) is 69.7 cm³/mol. The maximum Gasteiger partial charge on any atom is 0.263 e. The van der Waals surface area contributed by atoms with E-state index >= 15 is 0 Å². The number of aliphatic hydroxyl groups excluding tert-OH is 2. The number of aromatic nitrogens is 3. The molecule has 0 saturated carbocycles. The number of fused-ring (bicyclic) bond motifs is 1. The van der Waals surface area contributed by atoms with Gasteiger partial charge in [-0.3, -0.25) is 4.79 Å². The van der Waals surface area contributed by atoms with Crippen LogP contribution in [0.3, 0.4) is 0 Å². The molecule has 3 heterocycles. The lowest BCUT2D eigenvalue weighted by Gasteiger charge is -2.23. The molecule has 0 spiro atoms. The topological polar surface area (TPSA) is 100 Å². The normalized spacial score (nSPS) is 28.9. The average molecular weight is 293 g/mol. The highest BCUT2D eigenvalue weighted by Crippen LogP contribution is 2.37. The third-order valence-corrected chi connectivity index (χ3v) is 3.67. The van der Waals surface area contributed by atoms with Crippen molar-refractivity contribution in [3.8, 4) is 12.3 Å². The third-order valence-electron chi connectivity index (χ3n) is 3.67. The van der Waals surface area contributed by atoms with E-state index in [2.05, 4.69) is 15.9 Å². The second-order valence-corrected chi connectivity index (χ2v) is 4.83. The van der Waals surface area contributed by atoms with E-state index in [9.17, 15) is 19.4 Å². The summed E-state index contributed by atoms with van der Waals surface area (Å²) in [5.74, 6) is 1.47. The molecule has 2 aromatic heterocycles. The van der Waals surface area contributed by atoms with Gasteiger partial charge in [0.2, 0.25) is 0 Å². The number of ether oxygens (including phenoxy) is 1. The van der Waals surface area contributed by atoms with E-state index in [0.717, 1.165) is 12.5 Å². The van der Waals surface area contributed by atoms with E-state index in [1.165, 1.54) is 4.57 Å². The van der Waals surface area contributed by atoms with Gasteiger partial charge in [0.05, 0.1) is 12.9 Å². The van der Waals surface area contributed by atoms with Gasteiger partial charge in [0.1, 0.15) is 17.7 Å². The zero-order valence-corrected chi connectivity index (χ0v) is 10.8. The van der Waals surface area contributed by atoms with Gasteiger partial charge in [-0.15, -0.1) is 6.42 Å². The van der Waals surface area contributed by atoms with Crippen molar-refractivity contribution in [1.29, 1.82) is 0 Å². The second-order valence-electron chi connectivity index (χ2n) is 4.83. The quantitative estimate of drug-likeness (QED) is 0.649. The maximum atomic E-state index is 13.9. The largest absolute Gasteiger partial charge is 0.392 e. The maximum absolute atomic E-state index is 13.9. The highest BCUT2D eigenvalue weighted by molar-refractivity contribution is 5.75. The summed E-state index contributed by atoms with van der Waals surface area (Å²) in [6.45, 7) is -0.573. The fraction of sp³-hybridized carbons (Fsp3) is 0.385. The number of hydrogen-bond donors (Lipinski definition) is 3. The molecule has 0 aromatic carbocycles. The van der Waals surface area contributed by atoms with Crippen molar-refractivity contribution in [3.05, 3.63) is 28.7 Å². The number of nitrogens with zero attached hydrogens (tertiary/aromatic N) is 2. The van der Waals surface area contributed by atoms with Crippen molar-refractivity contribution in [2.24, 2.45) is 0 Å². The van der Waals surface area contributed by atoms with Crippen molar-refractivity contribution < 1.29 is 19.3 Å². The summed E-state index contributed by atoms with van der Waals surface area (Å²) in [6, 6.07) is 0. The highest BCUT2D eigenvalue weighted by Gasteiger charge is 2.47. The zero-order valence-electron chi connectivity index (χ0n) is 10.8. The SMILES string of the molecule is C#C[C@]1(CO)O[C@@H](n2cc(F)c3c(=O)[nH]cnc32)C[C@@H]1O. The Bertz CT molecular complexity index is 793. The number of hydrogen-bond acceptors (Lipinski definition) is 5. The summed E-state index contributed by atoms with van der Waals surface area (Å²) in [5, 5.41) is 19.1. The molecule has 0 aliphatic carbocycles. The Morgan fingerprint density at radius 2 is 2.48 bits per heavy atom. The van der Waals surface area contributed by atoms with Crippen molar-refractivity contribution in [3.63, 3.8) is 0 Å². The molecule has 21 heavy (non-hydrogen) atoms. The summed E-state index contributed by atoms with van der Waals surface area (Å²) in [7, 11) is 0. The van der Waals surface area contributed by atoms with E-state index in [0.29, 0.717) is 0 Å². The molecule has 8 heteroatoms. The first-order valence-corrected chi connectivity index (χ1v) is 6.20. The first-order valence-electron chi connectivity index (χ1n) is 6.20. The molecule has 0 radical (unpaired) electrons. The molecule has 0 unspecified atom stereocenters. The molecule has 1 aliphatic heterocycles. The van der Waals surface area contributed by atoms with Gasteiger partial charge in [-0.1, -0.05) is 5.92 Å². The van der Waals surface area contributed by atoms with Crippen LogP contribution in [0.5, 0.6) is 0 Å². The summed E-state index contributed by atoms with van der Waals surface area (Å²) < 4.78 is 20.7. The van der Waals surface area contributed by atoms with Gasteiger partial charge in [0.15, 0.2) is 17.1 Å². The average Bonchev–Trinajstić information content (AvgIpc) is 2.98. The van der Waals surface area contributed by atoms with E-state index < -0.39 is 35.9 Å². The van der Waals surface area contributed by atoms with Crippen LogP contribution in [0.4, 0.5) is 4.39 Å². The molecule has 2 aromatic rings. The molecule has 3 atom stereocenters. The highest BCUT2D eigenvalue weighted by atomic mass is 19.1. The number of aliphatic hydroxyl groups is 2. The number of H-pyrrole nitrogens is 1. The van der Waals surface area contributed by atoms with Crippen LogP contribution in [0.1, 0.15) is 12.6 Å². The van der Waals surface area contributed by atoms with Crippen molar-refractivity contribution in [2.75, 3.05) is 6.61 Å². The smallest absolute Gasteiger partial charge is 0.263 e. The van der Waals surface area contributed by atoms with Crippen LogP contribution in [0.15, 0.2) is 17.3 Å². The van der Waals surface area contributed by atoms with Gasteiger partial charge < -0.3 is 24.5 Å². The minimum atomic E-state index is -1.54. The molecule has 1 saturated heterocycles. The summed E-state index contributed by atoms with van der Waals surface area (Å²) in [5.41, 5.74) is -2.07. The minimum absolute atomic E-state index is 0.0441. The lowest BCUT2D eigenvalue weighted by atomic mass is 9.99. The molecule has 1 aliphatic rings. The van der Waals surface area contributed by atoms with Crippen molar-refractivity contribution in [1.82, 2.24) is 14.5 Å². The Morgan fingerprint density at radius 3 is 3.10 bits per heavy atom. The van der Waals surface area contributed by atoms with Crippen molar-refractivity contribution in [2.45, 2.75) is 24.4 Å². The number of aromatic amines is 1. The molecule has 0 bridgehead atoms. The molecular weight excluding hydrogens is 281 g/mol. The number of nitrogens with one attached hydrogen (secondary N) is 1. The molecule has 110 valence electrons. The molecule has 3 rings (SSSR count). The minimum Gasteiger partial charge on any atom is -0.392 e. The Morgan fingerprint density at radius 1 is 1.71 bits per heavy atom. The Labute approximate surface area is 118 Å². The fourth-order valence-corrected chi connectivity index (χ4v) is 2.51. The van der Waals surface area contributed by atoms with Crippen LogP contribution in [0, 0.1) is 18.2 Å². The molecular formula is C13H12FN3O4. The zero-order chi connectivity index (χ0) is 15.2. The van der Waals surface area contributed by atoms with Crippen LogP contribution in [-0.4, -0.2) is 43.1 Å². The van der Waals surface area contributed by atoms with Gasteiger partial charge >= 0.3 is 0 Å². The number of terminal acetylenes is 1. The van der Waals surface area contributed by atoms with Gasteiger partial charge in [-0.2, -0.15) is 0 Å². The Kier molecular flexibility index (Phi) is 3.06. The van der Waals surface area contributed by atoms with Crippen LogP contribution in [-0.2, 0) is 4.74 Å². The Balaban J connectivity index is 2.10. The molecule has 0 amide bonds. The van der Waals surface area contributed by atoms with E-state index in [4.69, 9.17) is 11.2 Å². The molecule has 7 nitrogen and oxygen atoms in total. The first-order chi connectivity index (χ1) is 10.0. The summed E-state index contributed by atoms with van der Waals surface area (Å²) >= 11 is 0. The number of rotatable bonds is 2.